The third-order valence-corrected chi connectivity index (χ3v) is 3.70. The number of aryl methyl sites for hydroxylation is 4. The lowest BCUT2D eigenvalue weighted by Gasteiger charge is -2.12. The fraction of sp³-hybridized carbons (Fsp3) is 0.250. The van der Waals surface area contributed by atoms with Gasteiger partial charge in [0.15, 0.2) is 0 Å². The Bertz CT molecular complexity index is 703. The van der Waals surface area contributed by atoms with Gasteiger partial charge in [-0.05, 0) is 31.0 Å². The molecule has 0 bridgehead atoms. The van der Waals surface area contributed by atoms with Gasteiger partial charge in [-0.15, -0.1) is 0 Å². The van der Waals surface area contributed by atoms with Crippen LogP contribution in [0.2, 0.25) is 0 Å². The van der Waals surface area contributed by atoms with Crippen LogP contribution < -0.4 is 0 Å². The minimum atomic E-state index is 0.984. The second-order valence-electron chi connectivity index (χ2n) is 5.21. The molecule has 0 aliphatic carbocycles. The van der Waals surface area contributed by atoms with Crippen LogP contribution in [-0.4, -0.2) is 19.1 Å². The number of nitrogens with zero attached hydrogens (tertiary/aromatic N) is 4. The molecule has 3 aromatic rings. The summed E-state index contributed by atoms with van der Waals surface area (Å²) in [6.07, 6.45) is 7.59. The molecule has 0 N–H and O–H groups in total. The summed E-state index contributed by atoms with van der Waals surface area (Å²) in [4.78, 5) is 8.91. The second-order valence-corrected chi connectivity index (χ2v) is 5.21. The first-order valence-electron chi connectivity index (χ1n) is 6.64. The van der Waals surface area contributed by atoms with E-state index in [0.29, 0.717) is 0 Å². The average molecular weight is 266 g/mol. The van der Waals surface area contributed by atoms with Crippen molar-refractivity contribution in [3.05, 3.63) is 48.0 Å². The van der Waals surface area contributed by atoms with Gasteiger partial charge in [-0.1, -0.05) is 6.07 Å². The average Bonchev–Trinajstić information content (AvgIpc) is 2.99. The summed E-state index contributed by atoms with van der Waals surface area (Å²) in [5, 5.41) is 0. The summed E-state index contributed by atoms with van der Waals surface area (Å²) in [5.41, 5.74) is 4.77. The molecule has 102 valence electrons. The fourth-order valence-corrected chi connectivity index (χ4v) is 2.58. The highest BCUT2D eigenvalue weighted by molar-refractivity contribution is 5.72. The van der Waals surface area contributed by atoms with Crippen molar-refractivity contribution in [2.45, 2.75) is 13.8 Å². The van der Waals surface area contributed by atoms with Crippen molar-refractivity contribution in [3.63, 3.8) is 0 Å². The largest absolute Gasteiger partial charge is 0.334 e. The predicted molar refractivity (Wildman–Crippen MR) is 80.3 cm³/mol. The summed E-state index contributed by atoms with van der Waals surface area (Å²) >= 11 is 0. The molecule has 4 heteroatoms. The third kappa shape index (κ3) is 1.93. The van der Waals surface area contributed by atoms with E-state index in [-0.39, 0.29) is 0 Å². The quantitative estimate of drug-likeness (QED) is 0.714. The molecule has 0 saturated carbocycles. The summed E-state index contributed by atoms with van der Waals surface area (Å²) in [7, 11) is 4.03. The molecule has 0 radical (unpaired) electrons. The number of benzene rings is 1. The Kier molecular flexibility index (Phi) is 2.93. The Morgan fingerprint density at radius 2 is 1.20 bits per heavy atom. The minimum Gasteiger partial charge on any atom is -0.334 e. The zero-order valence-electron chi connectivity index (χ0n) is 12.3. The first-order valence-corrected chi connectivity index (χ1v) is 6.64. The zero-order chi connectivity index (χ0) is 14.3. The molecule has 0 unspecified atom stereocenters. The second kappa shape index (κ2) is 4.63. The molecular weight excluding hydrogens is 248 g/mol. The van der Waals surface area contributed by atoms with E-state index < -0.39 is 0 Å². The smallest absolute Gasteiger partial charge is 0.139 e. The van der Waals surface area contributed by atoms with E-state index in [0.717, 1.165) is 22.8 Å². The van der Waals surface area contributed by atoms with Crippen molar-refractivity contribution in [1.29, 1.82) is 0 Å². The Balaban J connectivity index is 2.24. The van der Waals surface area contributed by atoms with E-state index in [9.17, 15) is 0 Å². The predicted octanol–water partition coefficient (Wildman–Crippen LogP) is 3.10. The van der Waals surface area contributed by atoms with E-state index in [2.05, 4.69) is 35.9 Å². The van der Waals surface area contributed by atoms with Crippen molar-refractivity contribution >= 4 is 0 Å². The lowest BCUT2D eigenvalue weighted by molar-refractivity contribution is 0.918. The van der Waals surface area contributed by atoms with E-state index in [1.54, 1.807) is 0 Å². The van der Waals surface area contributed by atoms with Gasteiger partial charge in [-0.25, -0.2) is 9.97 Å². The highest BCUT2D eigenvalue weighted by Gasteiger charge is 2.13. The van der Waals surface area contributed by atoms with Gasteiger partial charge in [-0.3, -0.25) is 0 Å². The number of rotatable bonds is 2. The SMILES string of the molecule is Cc1cc(C)c(-c2nccn2C)cc1-c1nccn1C. The van der Waals surface area contributed by atoms with Crippen LogP contribution in [0.3, 0.4) is 0 Å². The first-order chi connectivity index (χ1) is 9.58. The van der Waals surface area contributed by atoms with Gasteiger partial charge in [0.25, 0.3) is 0 Å². The van der Waals surface area contributed by atoms with E-state index in [4.69, 9.17) is 0 Å². The fourth-order valence-electron chi connectivity index (χ4n) is 2.58. The van der Waals surface area contributed by atoms with E-state index >= 15 is 0 Å². The molecule has 3 rings (SSSR count). The van der Waals surface area contributed by atoms with Crippen LogP contribution in [0.4, 0.5) is 0 Å². The Hall–Kier alpha value is -2.36. The standard InChI is InChI=1S/C16H18N4/c1-11-9-12(2)14(16-18-6-8-20(16)4)10-13(11)15-17-5-7-19(15)3/h5-10H,1-4H3. The van der Waals surface area contributed by atoms with Crippen LogP contribution in [0.1, 0.15) is 11.1 Å². The van der Waals surface area contributed by atoms with Gasteiger partial charge in [-0.2, -0.15) is 0 Å². The van der Waals surface area contributed by atoms with Crippen LogP contribution in [0.25, 0.3) is 22.8 Å². The molecular formula is C16H18N4. The highest BCUT2D eigenvalue weighted by atomic mass is 15.0. The van der Waals surface area contributed by atoms with Crippen molar-refractivity contribution < 1.29 is 0 Å². The highest BCUT2D eigenvalue weighted by Crippen LogP contribution is 2.30. The Morgan fingerprint density at radius 3 is 1.55 bits per heavy atom. The molecule has 1 aromatic carbocycles. The van der Waals surface area contributed by atoms with Crippen molar-refractivity contribution in [1.82, 2.24) is 19.1 Å². The molecule has 2 heterocycles. The van der Waals surface area contributed by atoms with Crippen LogP contribution in [-0.2, 0) is 14.1 Å². The molecule has 4 nitrogen and oxygen atoms in total. The zero-order valence-corrected chi connectivity index (χ0v) is 12.3. The number of aromatic nitrogens is 4. The van der Waals surface area contributed by atoms with Crippen LogP contribution in [0.15, 0.2) is 36.9 Å². The third-order valence-electron chi connectivity index (χ3n) is 3.70. The maximum atomic E-state index is 4.46. The molecule has 0 spiro atoms. The molecule has 0 amide bonds. The number of hydrogen-bond acceptors (Lipinski definition) is 2. The first kappa shape index (κ1) is 12.7. The summed E-state index contributed by atoms with van der Waals surface area (Å²) < 4.78 is 4.08. The van der Waals surface area contributed by atoms with Crippen LogP contribution in [0, 0.1) is 13.8 Å². The lowest BCUT2D eigenvalue weighted by Crippen LogP contribution is -1.98. The van der Waals surface area contributed by atoms with Crippen LogP contribution >= 0.6 is 0 Å². The molecule has 0 atom stereocenters. The van der Waals surface area contributed by atoms with Gasteiger partial charge in [0.05, 0.1) is 0 Å². The monoisotopic (exact) mass is 266 g/mol. The van der Waals surface area contributed by atoms with Gasteiger partial charge in [0, 0.05) is 50.0 Å². The maximum absolute atomic E-state index is 4.46. The maximum Gasteiger partial charge on any atom is 0.139 e. The molecule has 0 aliphatic heterocycles. The van der Waals surface area contributed by atoms with Gasteiger partial charge >= 0.3 is 0 Å². The van der Waals surface area contributed by atoms with E-state index in [1.165, 1.54) is 11.1 Å². The van der Waals surface area contributed by atoms with Crippen LogP contribution in [0.5, 0.6) is 0 Å². The molecule has 0 saturated heterocycles. The molecule has 0 aliphatic rings. The summed E-state index contributed by atoms with van der Waals surface area (Å²) in [6, 6.07) is 4.39. The lowest BCUT2D eigenvalue weighted by atomic mass is 9.99. The van der Waals surface area contributed by atoms with Crippen molar-refractivity contribution in [3.8, 4) is 22.8 Å². The molecule has 0 fully saturated rings. The van der Waals surface area contributed by atoms with Gasteiger partial charge in [0.2, 0.25) is 0 Å². The van der Waals surface area contributed by atoms with Gasteiger partial charge in [0.1, 0.15) is 11.6 Å². The number of hydrogen-bond donors (Lipinski definition) is 0. The van der Waals surface area contributed by atoms with E-state index in [1.807, 2.05) is 48.0 Å². The Labute approximate surface area is 118 Å². The summed E-state index contributed by atoms with van der Waals surface area (Å²) in [5.74, 6) is 1.97. The minimum absolute atomic E-state index is 0.984. The molecule has 20 heavy (non-hydrogen) atoms. The van der Waals surface area contributed by atoms with Crippen molar-refractivity contribution in [2.75, 3.05) is 0 Å². The Morgan fingerprint density at radius 1 is 0.750 bits per heavy atom. The normalized spacial score (nSPS) is 11.0. The van der Waals surface area contributed by atoms with Crippen molar-refractivity contribution in [2.24, 2.45) is 14.1 Å². The number of imidazole rings is 2. The molecule has 2 aromatic heterocycles. The summed E-state index contributed by atoms with van der Waals surface area (Å²) in [6.45, 7) is 4.25. The topological polar surface area (TPSA) is 35.6 Å². The van der Waals surface area contributed by atoms with Gasteiger partial charge < -0.3 is 9.13 Å².